The molecule has 0 spiro atoms. The summed E-state index contributed by atoms with van der Waals surface area (Å²) in [6, 6.07) is 5.32. The van der Waals surface area contributed by atoms with Crippen LogP contribution in [0.15, 0.2) is 46.4 Å². The molecule has 2 N–H and O–H groups in total. The van der Waals surface area contributed by atoms with Gasteiger partial charge >= 0.3 is 0 Å². The summed E-state index contributed by atoms with van der Waals surface area (Å²) in [4.78, 5) is 45.4. The molecular formula is C22H25BrN6O4. The van der Waals surface area contributed by atoms with Gasteiger partial charge in [0.1, 0.15) is 4.60 Å². The lowest BCUT2D eigenvalue weighted by Crippen LogP contribution is -2.58. The van der Waals surface area contributed by atoms with Gasteiger partial charge in [-0.15, -0.1) is 0 Å². The molecule has 1 atom stereocenters. The summed E-state index contributed by atoms with van der Waals surface area (Å²) in [5.41, 5.74) is 1.57. The number of halogens is 1. The molecule has 1 aromatic carbocycles. The Hall–Kier alpha value is -3.02. The number of amides is 2. The third-order valence-electron chi connectivity index (χ3n) is 5.90. The van der Waals surface area contributed by atoms with Crippen molar-refractivity contribution in [2.75, 3.05) is 44.0 Å². The number of carbonyl (C=O) groups excluding carboxylic acids is 2. The topological polar surface area (TPSA) is 109 Å². The van der Waals surface area contributed by atoms with Gasteiger partial charge in [0.15, 0.2) is 5.82 Å². The fraction of sp³-hybridized carbons (Fsp3) is 0.364. The van der Waals surface area contributed by atoms with Crippen molar-refractivity contribution in [3.63, 3.8) is 0 Å². The zero-order valence-electron chi connectivity index (χ0n) is 18.4. The lowest BCUT2D eigenvalue weighted by molar-refractivity contribution is -0.146. The predicted molar refractivity (Wildman–Crippen MR) is 127 cm³/mol. The fourth-order valence-electron chi connectivity index (χ4n) is 3.89. The van der Waals surface area contributed by atoms with Crippen LogP contribution in [0.5, 0.6) is 0 Å². The summed E-state index contributed by atoms with van der Waals surface area (Å²) >= 11 is 3.29. The van der Waals surface area contributed by atoms with Gasteiger partial charge in [0.05, 0.1) is 31.8 Å². The molecule has 2 aromatic rings. The van der Waals surface area contributed by atoms with Gasteiger partial charge < -0.3 is 24.8 Å². The molecule has 1 unspecified atom stereocenters. The molecule has 0 saturated carbocycles. The Balaban J connectivity index is 1.69. The largest absolute Gasteiger partial charge is 0.378 e. The number of likely N-dealkylation sites (N-methyl/N-ethyl adjacent to an activating group) is 1. The Bertz CT molecular complexity index is 1160. The fourth-order valence-corrected chi connectivity index (χ4v) is 4.38. The molecule has 0 aliphatic carbocycles. The second-order valence-corrected chi connectivity index (χ2v) is 8.90. The number of nitrogens with one attached hydrogen (secondary N) is 2. The van der Waals surface area contributed by atoms with Crippen molar-refractivity contribution in [2.45, 2.75) is 12.1 Å². The number of rotatable bonds is 6. The van der Waals surface area contributed by atoms with Gasteiger partial charge in [-0.05, 0) is 39.7 Å². The summed E-state index contributed by atoms with van der Waals surface area (Å²) in [7, 11) is 3.40. The van der Waals surface area contributed by atoms with Crippen LogP contribution in [0, 0.1) is 0 Å². The maximum Gasteiger partial charge on any atom is 0.293 e. The summed E-state index contributed by atoms with van der Waals surface area (Å²) in [6.07, 6.45) is 2.75. The van der Waals surface area contributed by atoms with E-state index in [0.29, 0.717) is 42.3 Å². The second-order valence-electron chi connectivity index (χ2n) is 8.09. The minimum absolute atomic E-state index is 0.00295. The van der Waals surface area contributed by atoms with E-state index in [9.17, 15) is 14.4 Å². The van der Waals surface area contributed by atoms with Gasteiger partial charge in [0, 0.05) is 38.2 Å². The number of benzene rings is 1. The van der Waals surface area contributed by atoms with Crippen LogP contribution >= 0.6 is 15.9 Å². The third kappa shape index (κ3) is 4.85. The van der Waals surface area contributed by atoms with Crippen LogP contribution in [0.3, 0.4) is 0 Å². The molecule has 10 nitrogen and oxygen atoms in total. The number of carbonyl (C=O) groups is 2. The van der Waals surface area contributed by atoms with Gasteiger partial charge in [-0.2, -0.15) is 0 Å². The first-order valence-corrected chi connectivity index (χ1v) is 11.2. The Morgan fingerprint density at radius 3 is 2.73 bits per heavy atom. The molecule has 2 amide bonds. The summed E-state index contributed by atoms with van der Waals surface area (Å²) in [5, 5.41) is 5.86. The minimum Gasteiger partial charge on any atom is -0.378 e. The van der Waals surface area contributed by atoms with E-state index in [1.807, 2.05) is 6.07 Å². The zero-order valence-corrected chi connectivity index (χ0v) is 20.0. The third-order valence-corrected chi connectivity index (χ3v) is 6.29. The number of nitrogens with zero attached hydrogens (tertiary/aromatic N) is 4. The van der Waals surface area contributed by atoms with Crippen LogP contribution in [-0.4, -0.2) is 70.6 Å². The van der Waals surface area contributed by atoms with Gasteiger partial charge in [-0.25, -0.2) is 4.98 Å². The van der Waals surface area contributed by atoms with Crippen LogP contribution in [0.2, 0.25) is 0 Å². The number of piperazine rings is 1. The molecule has 1 aromatic heterocycles. The van der Waals surface area contributed by atoms with Crippen LogP contribution in [0.25, 0.3) is 0 Å². The molecule has 33 heavy (non-hydrogen) atoms. The standard InChI is InChI=1S/C22H25BrN6O4/c1-4-19(30)25-16-7-13(24-21-22(32)27(2)9-18(23)26-21)5-6-15(16)17-8-29(14-11-33-12-14)10-20(31)28(17)3/h4-7,9,14,17H,1,8,10-12H2,2-3H3,(H,24,26)(H,25,30). The smallest absolute Gasteiger partial charge is 0.293 e. The molecule has 0 bridgehead atoms. The normalized spacial score (nSPS) is 19.2. The average Bonchev–Trinajstić information content (AvgIpc) is 2.73. The highest BCUT2D eigenvalue weighted by Gasteiger charge is 2.37. The Morgan fingerprint density at radius 1 is 1.30 bits per heavy atom. The maximum atomic E-state index is 12.7. The van der Waals surface area contributed by atoms with Gasteiger partial charge in [-0.3, -0.25) is 19.3 Å². The van der Waals surface area contributed by atoms with Crippen molar-refractivity contribution in [3.8, 4) is 0 Å². The van der Waals surface area contributed by atoms with Crippen molar-refractivity contribution in [3.05, 3.63) is 57.6 Å². The quantitative estimate of drug-likeness (QED) is 0.561. The molecule has 174 valence electrons. The highest BCUT2D eigenvalue weighted by molar-refractivity contribution is 9.10. The van der Waals surface area contributed by atoms with E-state index in [-0.39, 0.29) is 35.3 Å². The SMILES string of the molecule is C=CC(=O)Nc1cc(Nc2nc(Br)cn(C)c2=O)ccc1C1CN(C2COC2)CC(=O)N1C. The van der Waals surface area contributed by atoms with Crippen molar-refractivity contribution >= 4 is 44.9 Å². The monoisotopic (exact) mass is 516 g/mol. The summed E-state index contributed by atoms with van der Waals surface area (Å²) < 4.78 is 7.22. The highest BCUT2D eigenvalue weighted by atomic mass is 79.9. The minimum atomic E-state index is -0.376. The molecule has 2 aliphatic heterocycles. The second kappa shape index (κ2) is 9.46. The molecule has 2 saturated heterocycles. The van der Waals surface area contributed by atoms with Crippen LogP contribution < -0.4 is 16.2 Å². The molecule has 2 aliphatic rings. The number of anilines is 3. The zero-order chi connectivity index (χ0) is 23.7. The first-order chi connectivity index (χ1) is 15.8. The number of ether oxygens (including phenoxy) is 1. The van der Waals surface area contributed by atoms with E-state index < -0.39 is 0 Å². The van der Waals surface area contributed by atoms with Crippen molar-refractivity contribution in [1.29, 1.82) is 0 Å². The lowest BCUT2D eigenvalue weighted by Gasteiger charge is -2.45. The lowest BCUT2D eigenvalue weighted by atomic mass is 9.98. The van der Waals surface area contributed by atoms with E-state index in [2.05, 4.69) is 43.0 Å². The highest BCUT2D eigenvalue weighted by Crippen LogP contribution is 2.34. The number of hydrogen-bond donors (Lipinski definition) is 2. The van der Waals surface area contributed by atoms with Crippen LogP contribution in [-0.2, 0) is 21.4 Å². The van der Waals surface area contributed by atoms with Crippen molar-refractivity contribution in [2.24, 2.45) is 7.05 Å². The predicted octanol–water partition coefficient (Wildman–Crippen LogP) is 1.62. The van der Waals surface area contributed by atoms with Crippen molar-refractivity contribution in [1.82, 2.24) is 19.4 Å². The van der Waals surface area contributed by atoms with E-state index >= 15 is 0 Å². The molecular weight excluding hydrogens is 492 g/mol. The molecule has 4 rings (SSSR count). The van der Waals surface area contributed by atoms with Gasteiger partial charge in [0.25, 0.3) is 5.56 Å². The molecule has 3 heterocycles. The van der Waals surface area contributed by atoms with E-state index in [1.54, 1.807) is 37.3 Å². The van der Waals surface area contributed by atoms with Gasteiger partial charge in [0.2, 0.25) is 11.8 Å². The first kappa shape index (κ1) is 23.1. The Morgan fingerprint density at radius 2 is 2.06 bits per heavy atom. The van der Waals surface area contributed by atoms with E-state index in [0.717, 1.165) is 5.56 Å². The summed E-state index contributed by atoms with van der Waals surface area (Å²) in [6.45, 7) is 5.71. The number of aromatic nitrogens is 2. The average molecular weight is 517 g/mol. The van der Waals surface area contributed by atoms with E-state index in [4.69, 9.17) is 4.74 Å². The van der Waals surface area contributed by atoms with Crippen LogP contribution in [0.1, 0.15) is 11.6 Å². The summed E-state index contributed by atoms with van der Waals surface area (Å²) in [5.74, 6) is -0.233. The van der Waals surface area contributed by atoms with E-state index in [1.165, 1.54) is 10.6 Å². The number of hydrogen-bond acceptors (Lipinski definition) is 7. The molecule has 0 radical (unpaired) electrons. The van der Waals surface area contributed by atoms with Crippen molar-refractivity contribution < 1.29 is 14.3 Å². The Kier molecular flexibility index (Phi) is 6.63. The van der Waals surface area contributed by atoms with Crippen LogP contribution in [0.4, 0.5) is 17.2 Å². The molecule has 11 heteroatoms. The molecule has 2 fully saturated rings. The number of aryl methyl sites for hydroxylation is 1. The maximum absolute atomic E-state index is 12.7. The van der Waals surface area contributed by atoms with Gasteiger partial charge in [-0.1, -0.05) is 12.6 Å². The Labute approximate surface area is 199 Å². The first-order valence-electron chi connectivity index (χ1n) is 10.4.